The number of hydrogen-bond donors (Lipinski definition) is 0. The summed E-state index contributed by atoms with van der Waals surface area (Å²) >= 11 is 5.66. The van der Waals surface area contributed by atoms with Crippen molar-refractivity contribution in [3.63, 3.8) is 0 Å². The van der Waals surface area contributed by atoms with Gasteiger partial charge in [0.05, 0.1) is 0 Å². The molecule has 172 valence electrons. The third-order valence-corrected chi connectivity index (χ3v) is 8.52. The van der Waals surface area contributed by atoms with Crippen LogP contribution in [0.5, 0.6) is 5.88 Å². The third kappa shape index (κ3) is 6.45. The molecule has 32 heavy (non-hydrogen) atoms. The van der Waals surface area contributed by atoms with Crippen molar-refractivity contribution in [3.05, 3.63) is 33.0 Å². The van der Waals surface area contributed by atoms with Gasteiger partial charge >= 0.3 is 233 Å². The molecule has 0 fully saturated rings. The van der Waals surface area contributed by atoms with Crippen LogP contribution < -0.4 is 10.3 Å². The maximum atomic E-state index is 12.0. The van der Waals surface area contributed by atoms with Crippen LogP contribution in [0, 0.1) is 5.92 Å². The van der Waals surface area contributed by atoms with Crippen molar-refractivity contribution in [2.24, 2.45) is 5.92 Å². The van der Waals surface area contributed by atoms with Gasteiger partial charge in [-0.15, -0.1) is 0 Å². The Labute approximate surface area is 231 Å². The molecule has 4 rings (SSSR count). The van der Waals surface area contributed by atoms with Crippen LogP contribution in [0.3, 0.4) is 0 Å². The summed E-state index contributed by atoms with van der Waals surface area (Å²) in [6.45, 7) is 10.1. The summed E-state index contributed by atoms with van der Waals surface area (Å²) in [6.07, 6.45) is 3.85. The van der Waals surface area contributed by atoms with Crippen LogP contribution in [0.15, 0.2) is 13.8 Å². The van der Waals surface area contributed by atoms with E-state index in [1.807, 2.05) is 13.8 Å². The van der Waals surface area contributed by atoms with Crippen LogP contribution in [0.25, 0.3) is 0 Å². The van der Waals surface area contributed by atoms with Gasteiger partial charge in [0, 0.05) is 0 Å². The average molecular weight is 1120 g/mol. The molecule has 0 N–H and O–H groups in total. The molecule has 1 aliphatic heterocycles. The fraction of sp³-hybridized carbons (Fsp3) is 0.524. The van der Waals surface area contributed by atoms with Crippen molar-refractivity contribution < 1.29 is 91.2 Å². The summed E-state index contributed by atoms with van der Waals surface area (Å²) < 4.78 is 22.9. The molecule has 0 bridgehead atoms. The van der Waals surface area contributed by atoms with Gasteiger partial charge < -0.3 is 0 Å². The van der Waals surface area contributed by atoms with Crippen molar-refractivity contribution in [2.45, 2.75) is 59.9 Å². The normalized spacial score (nSPS) is 17.4. The Bertz CT molecular complexity index is 1130. The van der Waals surface area contributed by atoms with E-state index in [1.165, 1.54) is 70.7 Å². The molecule has 3 heterocycles. The van der Waals surface area contributed by atoms with E-state index in [4.69, 9.17) is 13.8 Å². The molecule has 0 aromatic carbocycles. The van der Waals surface area contributed by atoms with Crippen LogP contribution in [0.1, 0.15) is 56.8 Å². The zero-order valence-electron chi connectivity index (χ0n) is 18.4. The van der Waals surface area contributed by atoms with Crippen molar-refractivity contribution in [3.8, 4) is 5.88 Å². The van der Waals surface area contributed by atoms with Gasteiger partial charge in [0.1, 0.15) is 0 Å². The van der Waals surface area contributed by atoms with E-state index in [1.54, 1.807) is 19.4 Å². The van der Waals surface area contributed by atoms with Crippen LogP contribution in [-0.4, -0.2) is 37.4 Å². The van der Waals surface area contributed by atoms with E-state index in [-0.39, 0.29) is 5.56 Å². The zero-order valence-corrected chi connectivity index (χ0v) is 30.2. The van der Waals surface area contributed by atoms with Gasteiger partial charge in [-0.1, -0.05) is 0 Å². The molecule has 1 unspecified atom stereocenters. The molecular weight excluding hydrogens is 1090 g/mol. The predicted octanol–water partition coefficient (Wildman–Crippen LogP) is 1.63. The first-order valence-electron chi connectivity index (χ1n) is 10.2. The fourth-order valence-electron chi connectivity index (χ4n) is 3.74. The molecular formula is C21H25N3O4W4. The summed E-state index contributed by atoms with van der Waals surface area (Å²) in [5, 5.41) is 4.00. The number of hydrogen-bond acceptors (Lipinski definition) is 6. The summed E-state index contributed by atoms with van der Waals surface area (Å²) in [4.78, 5) is 14.3. The summed E-state index contributed by atoms with van der Waals surface area (Å²) in [5.74, 6) is 3.16. The molecule has 2 aliphatic rings. The second-order valence-corrected chi connectivity index (χ2v) is 16.5. The predicted molar refractivity (Wildman–Crippen MR) is 108 cm³/mol. The first kappa shape index (κ1) is 26.8. The van der Waals surface area contributed by atoms with Crippen molar-refractivity contribution in [1.82, 2.24) is 14.8 Å². The van der Waals surface area contributed by atoms with E-state index in [0.29, 0.717) is 11.8 Å². The topological polar surface area (TPSA) is 73.6 Å². The van der Waals surface area contributed by atoms with Crippen molar-refractivity contribution in [1.29, 1.82) is 0 Å². The number of aromatic nitrogens is 2. The number of nitrogens with zero attached hydrogens (tertiary/aromatic N) is 3. The van der Waals surface area contributed by atoms with Gasteiger partial charge in [0.2, 0.25) is 0 Å². The van der Waals surface area contributed by atoms with Gasteiger partial charge in [-0.05, 0) is 0 Å². The average Bonchev–Trinajstić information content (AvgIpc) is 3.28. The minimum absolute atomic E-state index is 0.0713. The summed E-state index contributed by atoms with van der Waals surface area (Å²) in [5.41, 5.74) is 2.13. The Morgan fingerprint density at radius 3 is 2.34 bits per heavy atom. The van der Waals surface area contributed by atoms with Gasteiger partial charge in [0.15, 0.2) is 0 Å². The van der Waals surface area contributed by atoms with Crippen molar-refractivity contribution in [2.75, 3.05) is 6.54 Å². The van der Waals surface area contributed by atoms with E-state index in [2.05, 4.69) is 23.9 Å². The van der Waals surface area contributed by atoms with Crippen molar-refractivity contribution >= 4 is 16.0 Å². The molecule has 0 radical (unpaired) electrons. The second kappa shape index (κ2) is 11.8. The SMILES string of the molecule is C[C](=[W])C1CCc2c(on([C](C)=[W])c2=O)C1.C[C](=[W])Oc1noc2c1CCN([C](C)=[W])C2. The molecule has 0 amide bonds. The van der Waals surface area contributed by atoms with Crippen LogP contribution in [0.4, 0.5) is 0 Å². The first-order chi connectivity index (χ1) is 15.1. The Kier molecular flexibility index (Phi) is 9.86. The molecule has 11 heteroatoms. The molecule has 0 saturated carbocycles. The minimum atomic E-state index is 0.0713. The Hall–Kier alpha value is 0.213. The molecule has 1 atom stereocenters. The molecule has 2 aromatic heterocycles. The monoisotopic (exact) mass is 1120 g/mol. The first-order valence-corrected chi connectivity index (χ1v) is 16.1. The number of ether oxygens (including phenoxy) is 1. The van der Waals surface area contributed by atoms with E-state index >= 15 is 0 Å². The summed E-state index contributed by atoms with van der Waals surface area (Å²) in [6, 6.07) is 0. The quantitative estimate of drug-likeness (QED) is 0.455. The summed E-state index contributed by atoms with van der Waals surface area (Å²) in [7, 11) is 0. The van der Waals surface area contributed by atoms with Crippen LogP contribution in [-0.2, 0) is 103 Å². The van der Waals surface area contributed by atoms with Gasteiger partial charge in [-0.2, -0.15) is 0 Å². The molecule has 2 aromatic rings. The second-order valence-electron chi connectivity index (χ2n) is 7.84. The molecule has 1 aliphatic carbocycles. The van der Waals surface area contributed by atoms with E-state index in [9.17, 15) is 4.79 Å². The maximum absolute atomic E-state index is 12.0. The Morgan fingerprint density at radius 1 is 1.03 bits per heavy atom. The van der Waals surface area contributed by atoms with Crippen LogP contribution in [0.2, 0.25) is 0 Å². The Morgan fingerprint density at radius 2 is 1.75 bits per heavy atom. The fourth-order valence-corrected chi connectivity index (χ4v) is 5.73. The number of fused-ring (bicyclic) bond motifs is 2. The van der Waals surface area contributed by atoms with Crippen LogP contribution >= 0.6 is 0 Å². The molecule has 0 saturated heterocycles. The van der Waals surface area contributed by atoms with E-state index in [0.717, 1.165) is 69.5 Å². The molecule has 0 spiro atoms. The number of rotatable bonds is 5. The van der Waals surface area contributed by atoms with E-state index < -0.39 is 0 Å². The zero-order chi connectivity index (χ0) is 23.6. The van der Waals surface area contributed by atoms with Gasteiger partial charge in [0.25, 0.3) is 0 Å². The molecule has 7 nitrogen and oxygen atoms in total. The van der Waals surface area contributed by atoms with Gasteiger partial charge in [-0.3, -0.25) is 0 Å². The standard InChI is InChI=1S/C11H13NO2.C10H12N2O2.4W/c1-3-8-5-6-9-10(7-8)14-12(4-2)11(9)13;1-3-12-6-5-8-9(7-12)14-11-10(8)13-4-2;;;;/h8H,5-7H2,1-2H3;5-7H2,1-2H3;;;;. The van der Waals surface area contributed by atoms with Gasteiger partial charge in [-0.25, -0.2) is 0 Å². The Balaban J connectivity index is 0.000000181. The third-order valence-electron chi connectivity index (χ3n) is 5.50.